The van der Waals surface area contributed by atoms with Crippen molar-refractivity contribution in [3.05, 3.63) is 64.4 Å². The number of sulfonamides is 1. The zero-order valence-corrected chi connectivity index (χ0v) is 24.6. The fraction of sp³-hybridized carbons (Fsp3) is 0.500. The second-order valence-electron chi connectivity index (χ2n) is 10.7. The number of benzene rings is 2. The average Bonchev–Trinajstić information content (AvgIpc) is 3.32. The highest BCUT2D eigenvalue weighted by Gasteiger charge is 2.39. The van der Waals surface area contributed by atoms with Crippen LogP contribution in [-0.2, 0) is 26.0 Å². The first-order chi connectivity index (χ1) is 19.9. The van der Waals surface area contributed by atoms with Crippen LogP contribution in [0.3, 0.4) is 0 Å². The second-order valence-corrected chi connectivity index (χ2v) is 13.0. The summed E-state index contributed by atoms with van der Waals surface area (Å²) in [5.41, 5.74) is 0.171. The molecular weight excluding hydrogens is 597 g/mol. The van der Waals surface area contributed by atoms with Crippen LogP contribution < -0.4 is 10.6 Å². The minimum atomic E-state index is -4.12. The Bertz CT molecular complexity index is 1400. The summed E-state index contributed by atoms with van der Waals surface area (Å²) in [6.07, 6.45) is 0.113. The van der Waals surface area contributed by atoms with E-state index in [9.17, 15) is 36.3 Å². The lowest BCUT2D eigenvalue weighted by Crippen LogP contribution is -2.62. The molecule has 2 aliphatic heterocycles. The Labute approximate surface area is 248 Å². The molecule has 2 aliphatic rings. The lowest BCUT2D eigenvalue weighted by molar-refractivity contribution is -0.129. The Morgan fingerprint density at radius 3 is 2.55 bits per heavy atom. The molecule has 230 valence electrons. The third-order valence-electron chi connectivity index (χ3n) is 7.59. The van der Waals surface area contributed by atoms with E-state index in [0.717, 1.165) is 47.5 Å². The summed E-state index contributed by atoms with van der Waals surface area (Å²) in [4.78, 5) is 27.1. The molecule has 3 N–H and O–H groups in total. The van der Waals surface area contributed by atoms with E-state index >= 15 is 0 Å². The SMILES string of the molecule is CCCCN1CC(C(=O)NC(Cc2cc(F)cc(F)c2)[C@H](O)[C@H]2CN(S(=O)(=O)c3ccc(F)c(Cl)c3)CCN2)CC1=O. The van der Waals surface area contributed by atoms with Gasteiger partial charge in [-0.3, -0.25) is 9.59 Å². The summed E-state index contributed by atoms with van der Waals surface area (Å²) in [5, 5.41) is 16.9. The number of aliphatic hydroxyl groups is 1. The van der Waals surface area contributed by atoms with Crippen LogP contribution in [0.25, 0.3) is 0 Å². The number of rotatable bonds is 11. The molecule has 2 aromatic rings. The molecule has 0 aliphatic carbocycles. The van der Waals surface area contributed by atoms with Gasteiger partial charge in [0.05, 0.1) is 28.0 Å². The van der Waals surface area contributed by atoms with Crippen molar-refractivity contribution in [1.29, 1.82) is 0 Å². The number of carbonyl (C=O) groups excluding carboxylic acids is 2. The van der Waals surface area contributed by atoms with Gasteiger partial charge in [-0.2, -0.15) is 4.31 Å². The van der Waals surface area contributed by atoms with Gasteiger partial charge in [0.25, 0.3) is 0 Å². The highest BCUT2D eigenvalue weighted by atomic mass is 35.5. The van der Waals surface area contributed by atoms with Crippen LogP contribution in [-0.4, -0.2) is 85.5 Å². The quantitative estimate of drug-likeness (QED) is 0.351. The van der Waals surface area contributed by atoms with E-state index in [4.69, 9.17) is 11.6 Å². The van der Waals surface area contributed by atoms with Crippen molar-refractivity contribution in [2.75, 3.05) is 32.7 Å². The molecular formula is C28H34ClF3N4O5S. The molecule has 0 bridgehead atoms. The highest BCUT2D eigenvalue weighted by Crippen LogP contribution is 2.25. The van der Waals surface area contributed by atoms with Crippen molar-refractivity contribution in [2.45, 2.75) is 55.7 Å². The van der Waals surface area contributed by atoms with Gasteiger partial charge < -0.3 is 20.6 Å². The fourth-order valence-electron chi connectivity index (χ4n) is 5.32. The first-order valence-electron chi connectivity index (χ1n) is 13.8. The number of hydrogen-bond acceptors (Lipinski definition) is 6. The number of amides is 2. The van der Waals surface area contributed by atoms with Gasteiger partial charge in [0, 0.05) is 51.3 Å². The van der Waals surface area contributed by atoms with Gasteiger partial charge in [-0.25, -0.2) is 21.6 Å². The summed E-state index contributed by atoms with van der Waals surface area (Å²) >= 11 is 5.80. The molecule has 2 heterocycles. The molecule has 0 aromatic heterocycles. The van der Waals surface area contributed by atoms with E-state index in [2.05, 4.69) is 10.6 Å². The van der Waals surface area contributed by atoms with Crippen molar-refractivity contribution in [3.63, 3.8) is 0 Å². The second kappa shape index (κ2) is 13.7. The zero-order chi connectivity index (χ0) is 30.6. The van der Waals surface area contributed by atoms with Gasteiger partial charge in [0.15, 0.2) is 0 Å². The predicted octanol–water partition coefficient (Wildman–Crippen LogP) is 2.46. The normalized spacial score (nSPS) is 21.4. The molecule has 2 amide bonds. The maximum absolute atomic E-state index is 14.0. The van der Waals surface area contributed by atoms with E-state index in [0.29, 0.717) is 12.6 Å². The summed E-state index contributed by atoms with van der Waals surface area (Å²) in [7, 11) is -4.12. The Morgan fingerprint density at radius 2 is 1.88 bits per heavy atom. The number of likely N-dealkylation sites (tertiary alicyclic amines) is 1. The number of nitrogens with zero attached hydrogens (tertiary/aromatic N) is 2. The Morgan fingerprint density at radius 1 is 1.17 bits per heavy atom. The number of hydrogen-bond donors (Lipinski definition) is 3. The molecule has 2 unspecified atom stereocenters. The number of unbranched alkanes of at least 4 members (excludes halogenated alkanes) is 1. The third kappa shape index (κ3) is 7.62. The molecule has 9 nitrogen and oxygen atoms in total. The smallest absolute Gasteiger partial charge is 0.243 e. The van der Waals surface area contributed by atoms with Gasteiger partial charge >= 0.3 is 0 Å². The first-order valence-corrected chi connectivity index (χ1v) is 15.6. The Kier molecular flexibility index (Phi) is 10.5. The van der Waals surface area contributed by atoms with Gasteiger partial charge in [-0.05, 0) is 48.7 Å². The van der Waals surface area contributed by atoms with Gasteiger partial charge in [0.1, 0.15) is 17.5 Å². The Balaban J connectivity index is 1.54. The lowest BCUT2D eigenvalue weighted by Gasteiger charge is -2.38. The minimum absolute atomic E-state index is 0.000879. The summed E-state index contributed by atoms with van der Waals surface area (Å²) < 4.78 is 69.3. The highest BCUT2D eigenvalue weighted by molar-refractivity contribution is 7.89. The minimum Gasteiger partial charge on any atom is -0.389 e. The number of halogens is 4. The standard InChI is InChI=1S/C28H34ClF3N4O5S/c1-2-3-7-35-15-18(12-26(35)37)28(39)34-24(11-17-9-19(30)13-20(31)10-17)27(38)25-16-36(8-6-33-25)42(40,41)21-4-5-23(32)22(29)14-21/h4-5,9-10,13-14,18,24-25,27,33,38H,2-3,6-8,11-12,15-16H2,1H3,(H,34,39)/t18?,24?,25-,27+/m1/s1. The van der Waals surface area contributed by atoms with Crippen LogP contribution >= 0.6 is 11.6 Å². The van der Waals surface area contributed by atoms with Crippen LogP contribution in [0, 0.1) is 23.4 Å². The summed E-state index contributed by atoms with van der Waals surface area (Å²) in [6, 6.07) is 3.96. The van der Waals surface area contributed by atoms with Gasteiger partial charge in [0.2, 0.25) is 21.8 Å². The summed E-state index contributed by atoms with van der Waals surface area (Å²) in [5.74, 6) is -3.75. The maximum atomic E-state index is 14.0. The molecule has 2 fully saturated rings. The molecule has 0 saturated carbocycles. The van der Waals surface area contributed by atoms with Crippen molar-refractivity contribution < 1.29 is 36.3 Å². The predicted molar refractivity (Wildman–Crippen MR) is 150 cm³/mol. The van der Waals surface area contributed by atoms with Crippen molar-refractivity contribution >= 4 is 33.4 Å². The number of carbonyl (C=O) groups is 2. The molecule has 2 aromatic carbocycles. The monoisotopic (exact) mass is 630 g/mol. The van der Waals surface area contributed by atoms with Crippen LogP contribution in [0.4, 0.5) is 13.2 Å². The molecule has 2 saturated heterocycles. The van der Waals surface area contributed by atoms with Gasteiger partial charge in [-0.1, -0.05) is 24.9 Å². The molecule has 0 radical (unpaired) electrons. The van der Waals surface area contributed by atoms with Crippen LogP contribution in [0.5, 0.6) is 0 Å². The van der Waals surface area contributed by atoms with Crippen molar-refractivity contribution in [2.24, 2.45) is 5.92 Å². The topological polar surface area (TPSA) is 119 Å². The van der Waals surface area contributed by atoms with E-state index in [1.807, 2.05) is 6.92 Å². The number of aliphatic hydroxyl groups excluding tert-OH is 1. The molecule has 0 spiro atoms. The maximum Gasteiger partial charge on any atom is 0.243 e. The summed E-state index contributed by atoms with van der Waals surface area (Å²) in [6.45, 7) is 2.72. The van der Waals surface area contributed by atoms with Crippen molar-refractivity contribution in [3.8, 4) is 0 Å². The zero-order valence-electron chi connectivity index (χ0n) is 23.0. The van der Waals surface area contributed by atoms with E-state index in [1.54, 1.807) is 4.90 Å². The molecule has 4 rings (SSSR count). The van der Waals surface area contributed by atoms with Crippen LogP contribution in [0.2, 0.25) is 5.02 Å². The van der Waals surface area contributed by atoms with E-state index in [1.165, 1.54) is 0 Å². The fourth-order valence-corrected chi connectivity index (χ4v) is 7.06. The van der Waals surface area contributed by atoms with E-state index < -0.39 is 57.5 Å². The molecule has 4 atom stereocenters. The number of nitrogens with one attached hydrogen (secondary N) is 2. The van der Waals surface area contributed by atoms with Crippen molar-refractivity contribution in [1.82, 2.24) is 19.8 Å². The number of piperazine rings is 1. The lowest BCUT2D eigenvalue weighted by atomic mass is 9.94. The largest absolute Gasteiger partial charge is 0.389 e. The average molecular weight is 631 g/mol. The third-order valence-corrected chi connectivity index (χ3v) is 9.74. The van der Waals surface area contributed by atoms with Crippen LogP contribution in [0.15, 0.2) is 41.3 Å². The first kappa shape index (κ1) is 32.2. The molecule has 42 heavy (non-hydrogen) atoms. The Hall–Kier alpha value is -2.71. The van der Waals surface area contributed by atoms with Gasteiger partial charge in [-0.15, -0.1) is 0 Å². The van der Waals surface area contributed by atoms with Crippen LogP contribution in [0.1, 0.15) is 31.7 Å². The molecule has 14 heteroatoms. The van der Waals surface area contributed by atoms with E-state index in [-0.39, 0.29) is 60.4 Å².